The van der Waals surface area contributed by atoms with Gasteiger partial charge < -0.3 is 4.57 Å². The molecule has 90 valence electrons. The van der Waals surface area contributed by atoms with Crippen LogP contribution in [0.5, 0.6) is 0 Å². The van der Waals surface area contributed by atoms with Crippen molar-refractivity contribution in [2.24, 2.45) is 7.05 Å². The molecule has 0 bridgehead atoms. The molecule has 2 aromatic heterocycles. The van der Waals surface area contributed by atoms with Gasteiger partial charge in [0.25, 0.3) is 0 Å². The molecule has 0 saturated carbocycles. The van der Waals surface area contributed by atoms with E-state index >= 15 is 0 Å². The van der Waals surface area contributed by atoms with Crippen LogP contribution in [0.25, 0.3) is 22.2 Å². The molecular weight excluding hydrogens is 246 g/mol. The van der Waals surface area contributed by atoms with Crippen molar-refractivity contribution in [1.82, 2.24) is 14.5 Å². The molecule has 1 aromatic carbocycles. The Bertz CT molecular complexity index is 703. The predicted octanol–water partition coefficient (Wildman–Crippen LogP) is 3.37. The molecule has 0 N–H and O–H groups in total. The zero-order valence-electron chi connectivity index (χ0n) is 9.97. The largest absolute Gasteiger partial charge is 0.350 e. The van der Waals surface area contributed by atoms with Gasteiger partial charge in [-0.3, -0.25) is 0 Å². The van der Waals surface area contributed by atoms with Gasteiger partial charge in [0.15, 0.2) is 0 Å². The van der Waals surface area contributed by atoms with Crippen LogP contribution in [0.1, 0.15) is 5.82 Å². The lowest BCUT2D eigenvalue weighted by Gasteiger charge is -2.00. The number of benzene rings is 1. The van der Waals surface area contributed by atoms with Gasteiger partial charge in [-0.1, -0.05) is 18.2 Å². The summed E-state index contributed by atoms with van der Waals surface area (Å²) in [4.78, 5) is 8.59. The van der Waals surface area contributed by atoms with Gasteiger partial charge in [-0.2, -0.15) is 0 Å². The molecule has 18 heavy (non-hydrogen) atoms. The van der Waals surface area contributed by atoms with E-state index < -0.39 is 0 Å². The van der Waals surface area contributed by atoms with Gasteiger partial charge in [-0.25, -0.2) is 9.97 Å². The molecule has 0 unspecified atom stereocenters. The molecule has 3 nitrogen and oxygen atoms in total. The fourth-order valence-corrected chi connectivity index (χ4v) is 2.29. The first kappa shape index (κ1) is 11.2. The smallest absolute Gasteiger partial charge is 0.143 e. The lowest BCUT2D eigenvalue weighted by molar-refractivity contribution is 0.967. The second kappa shape index (κ2) is 4.42. The highest BCUT2D eigenvalue weighted by atomic mass is 35.5. The fourth-order valence-electron chi connectivity index (χ4n) is 2.16. The van der Waals surface area contributed by atoms with Crippen molar-refractivity contribution < 1.29 is 0 Å². The second-order valence-corrected chi connectivity index (χ2v) is 4.43. The number of halogens is 1. The highest BCUT2D eigenvalue weighted by molar-refractivity contribution is 6.16. The molecule has 0 aliphatic heterocycles. The summed E-state index contributed by atoms with van der Waals surface area (Å²) in [7, 11) is 2.04. The molecule has 2 heterocycles. The van der Waals surface area contributed by atoms with Crippen molar-refractivity contribution in [3.8, 4) is 11.3 Å². The Balaban J connectivity index is 2.25. The van der Waals surface area contributed by atoms with Crippen LogP contribution in [0.15, 0.2) is 42.7 Å². The van der Waals surface area contributed by atoms with Gasteiger partial charge in [0.05, 0.1) is 11.6 Å². The topological polar surface area (TPSA) is 30.7 Å². The summed E-state index contributed by atoms with van der Waals surface area (Å²) in [5.41, 5.74) is 3.22. The summed E-state index contributed by atoms with van der Waals surface area (Å²) < 4.78 is 2.10. The maximum Gasteiger partial charge on any atom is 0.143 e. The Hall–Kier alpha value is -1.87. The van der Waals surface area contributed by atoms with Crippen molar-refractivity contribution in [2.75, 3.05) is 0 Å². The predicted molar refractivity (Wildman–Crippen MR) is 73.5 cm³/mol. The van der Waals surface area contributed by atoms with Gasteiger partial charge in [0.2, 0.25) is 0 Å². The summed E-state index contributed by atoms with van der Waals surface area (Å²) in [6.07, 6.45) is 3.84. The number of hydrogen-bond donors (Lipinski definition) is 0. The first-order valence-electron chi connectivity index (χ1n) is 5.72. The number of nitrogens with zero attached hydrogens (tertiary/aromatic N) is 3. The summed E-state index contributed by atoms with van der Waals surface area (Å²) in [6, 6.07) is 10.2. The monoisotopic (exact) mass is 257 g/mol. The van der Waals surface area contributed by atoms with E-state index in [-0.39, 0.29) is 0 Å². The highest BCUT2D eigenvalue weighted by Gasteiger charge is 2.09. The van der Waals surface area contributed by atoms with Crippen molar-refractivity contribution in [3.05, 3.63) is 48.5 Å². The third-order valence-corrected chi connectivity index (χ3v) is 3.24. The van der Waals surface area contributed by atoms with E-state index in [9.17, 15) is 0 Å². The summed E-state index contributed by atoms with van der Waals surface area (Å²) in [5, 5.41) is 1.19. The number of hydrogen-bond acceptors (Lipinski definition) is 2. The van der Waals surface area contributed by atoms with Crippen LogP contribution < -0.4 is 0 Å². The molecular formula is C14H12ClN3. The third-order valence-electron chi connectivity index (χ3n) is 3.00. The van der Waals surface area contributed by atoms with Crippen molar-refractivity contribution >= 4 is 22.5 Å². The highest BCUT2D eigenvalue weighted by Crippen LogP contribution is 2.28. The minimum Gasteiger partial charge on any atom is -0.350 e. The lowest BCUT2D eigenvalue weighted by Crippen LogP contribution is -1.92. The first-order valence-corrected chi connectivity index (χ1v) is 6.25. The summed E-state index contributed by atoms with van der Waals surface area (Å²) >= 11 is 5.78. The zero-order valence-corrected chi connectivity index (χ0v) is 10.7. The van der Waals surface area contributed by atoms with E-state index in [1.807, 2.05) is 25.2 Å². The Labute approximate surface area is 110 Å². The fraction of sp³-hybridized carbons (Fsp3) is 0.143. The van der Waals surface area contributed by atoms with Crippen LogP contribution in [0, 0.1) is 0 Å². The minimum atomic E-state index is 0.332. The van der Waals surface area contributed by atoms with Crippen molar-refractivity contribution in [2.45, 2.75) is 5.88 Å². The third kappa shape index (κ3) is 1.77. The van der Waals surface area contributed by atoms with Crippen LogP contribution in [0.2, 0.25) is 0 Å². The van der Waals surface area contributed by atoms with Crippen molar-refractivity contribution in [3.63, 3.8) is 0 Å². The standard InChI is InChI=1S/C14H12ClN3/c1-18-9-11(10-4-2-3-5-13(10)18)12-6-7-16-14(8-15)17-12/h2-7,9H,8H2,1H3. The maximum atomic E-state index is 5.78. The van der Waals surface area contributed by atoms with Gasteiger partial charge >= 0.3 is 0 Å². The van der Waals surface area contributed by atoms with E-state index in [4.69, 9.17) is 11.6 Å². The zero-order chi connectivity index (χ0) is 12.5. The van der Waals surface area contributed by atoms with Crippen LogP contribution in [-0.2, 0) is 12.9 Å². The number of aromatic nitrogens is 3. The molecule has 0 radical (unpaired) electrons. The van der Waals surface area contributed by atoms with Gasteiger partial charge in [-0.15, -0.1) is 11.6 Å². The van der Waals surface area contributed by atoms with E-state index in [2.05, 4.69) is 32.9 Å². The van der Waals surface area contributed by atoms with Gasteiger partial charge in [-0.05, 0) is 12.1 Å². The van der Waals surface area contributed by atoms with E-state index in [0.29, 0.717) is 11.7 Å². The normalized spacial score (nSPS) is 11.0. The molecule has 0 fully saturated rings. The van der Waals surface area contributed by atoms with Crippen LogP contribution in [0.4, 0.5) is 0 Å². The Morgan fingerprint density at radius 2 is 2.06 bits per heavy atom. The molecule has 0 atom stereocenters. The molecule has 0 aliphatic rings. The molecule has 0 saturated heterocycles. The lowest BCUT2D eigenvalue weighted by atomic mass is 10.1. The number of fused-ring (bicyclic) bond motifs is 1. The van der Waals surface area contributed by atoms with Crippen LogP contribution >= 0.6 is 11.6 Å². The van der Waals surface area contributed by atoms with E-state index in [1.54, 1.807) is 6.20 Å². The minimum absolute atomic E-state index is 0.332. The summed E-state index contributed by atoms with van der Waals surface area (Å²) in [5.74, 6) is 0.987. The van der Waals surface area contributed by atoms with E-state index in [1.165, 1.54) is 10.9 Å². The van der Waals surface area contributed by atoms with Crippen LogP contribution in [0.3, 0.4) is 0 Å². The van der Waals surface area contributed by atoms with E-state index in [0.717, 1.165) is 11.3 Å². The molecule has 3 rings (SSSR count). The van der Waals surface area contributed by atoms with Crippen LogP contribution in [-0.4, -0.2) is 14.5 Å². The molecule has 0 aliphatic carbocycles. The number of rotatable bonds is 2. The van der Waals surface area contributed by atoms with Gasteiger partial charge in [0, 0.05) is 35.9 Å². The number of aryl methyl sites for hydroxylation is 1. The van der Waals surface area contributed by atoms with Crippen molar-refractivity contribution in [1.29, 1.82) is 0 Å². The second-order valence-electron chi connectivity index (χ2n) is 4.16. The Morgan fingerprint density at radius 1 is 1.22 bits per heavy atom. The average Bonchev–Trinajstić information content (AvgIpc) is 2.77. The number of para-hydroxylation sites is 1. The SMILES string of the molecule is Cn1cc(-c2ccnc(CCl)n2)c2ccccc21. The van der Waals surface area contributed by atoms with Gasteiger partial charge in [0.1, 0.15) is 5.82 Å². The quantitative estimate of drug-likeness (QED) is 0.659. The first-order chi connectivity index (χ1) is 8.79. The molecule has 4 heteroatoms. The Morgan fingerprint density at radius 3 is 2.89 bits per heavy atom. The number of alkyl halides is 1. The summed E-state index contributed by atoms with van der Waals surface area (Å²) in [6.45, 7) is 0. The molecule has 0 spiro atoms. The molecule has 0 amide bonds. The maximum absolute atomic E-state index is 5.78. The average molecular weight is 258 g/mol. The Kier molecular flexibility index (Phi) is 2.76. The molecule has 3 aromatic rings.